The van der Waals surface area contributed by atoms with Crippen molar-refractivity contribution in [2.24, 2.45) is 0 Å². The van der Waals surface area contributed by atoms with Crippen LogP contribution in [0.1, 0.15) is 25.3 Å². The van der Waals surface area contributed by atoms with Gasteiger partial charge in [-0.1, -0.05) is 6.92 Å². The topological polar surface area (TPSA) is 90.2 Å². The van der Waals surface area contributed by atoms with Gasteiger partial charge in [0.2, 0.25) is 11.8 Å². The van der Waals surface area contributed by atoms with Crippen molar-refractivity contribution in [3.05, 3.63) is 66.7 Å². The third kappa shape index (κ3) is 4.61. The number of nitrogens with zero attached hydrogens (tertiary/aromatic N) is 5. The molecule has 0 bridgehead atoms. The van der Waals surface area contributed by atoms with Crippen LogP contribution in [0.3, 0.4) is 0 Å². The normalized spacial score (nSPS) is 15.1. The molecule has 1 aliphatic heterocycles. The molecule has 0 aliphatic carbocycles. The Bertz CT molecular complexity index is 1390. The number of hydrogen-bond acceptors (Lipinski definition) is 7. The van der Waals surface area contributed by atoms with Crippen molar-refractivity contribution in [1.29, 1.82) is 0 Å². The van der Waals surface area contributed by atoms with E-state index in [2.05, 4.69) is 26.8 Å². The van der Waals surface area contributed by atoms with E-state index in [-0.39, 0.29) is 6.10 Å². The Balaban J connectivity index is 1.23. The fourth-order valence-electron chi connectivity index (χ4n) is 4.20. The second-order valence-corrected chi connectivity index (χ2v) is 10.6. The highest BCUT2D eigenvalue weighted by atomic mass is 32.2. The highest BCUT2D eigenvalue weighted by molar-refractivity contribution is 7.90. The Morgan fingerprint density at radius 2 is 1.76 bits per heavy atom. The summed E-state index contributed by atoms with van der Waals surface area (Å²) in [6.45, 7) is 3.79. The summed E-state index contributed by atoms with van der Waals surface area (Å²) in [7, 11) is -3.24. The van der Waals surface area contributed by atoms with Gasteiger partial charge in [-0.25, -0.2) is 23.4 Å². The van der Waals surface area contributed by atoms with Gasteiger partial charge in [0.15, 0.2) is 9.84 Å². The molecule has 0 N–H and O–H groups in total. The first-order chi connectivity index (χ1) is 16.4. The Labute approximate surface area is 199 Å². The van der Waals surface area contributed by atoms with E-state index in [1.807, 2.05) is 47.4 Å². The standard InChI is InChI=1S/C25H27N5O3S/c1-3-18-15-27-25(28-16-18)29-11-9-21(10-12-29)33-24-7-4-20(17-26-24)30-13-8-19-14-22(34(2,31)32)5-6-23(19)30/h4-8,13-17,21H,3,9-12H2,1-2H3. The lowest BCUT2D eigenvalue weighted by molar-refractivity contribution is 0.163. The second kappa shape index (κ2) is 9.06. The summed E-state index contributed by atoms with van der Waals surface area (Å²) in [5.74, 6) is 1.38. The van der Waals surface area contributed by atoms with Crippen LogP contribution in [0.25, 0.3) is 16.6 Å². The van der Waals surface area contributed by atoms with Crippen molar-refractivity contribution in [1.82, 2.24) is 19.5 Å². The SMILES string of the molecule is CCc1cnc(N2CCC(Oc3ccc(-n4ccc5cc(S(C)(=O)=O)ccc54)cn3)CC2)nc1. The molecule has 0 radical (unpaired) electrons. The molecule has 176 valence electrons. The molecule has 4 heterocycles. The van der Waals surface area contributed by atoms with Gasteiger partial charge in [-0.2, -0.15) is 0 Å². The number of ether oxygens (including phenoxy) is 1. The van der Waals surface area contributed by atoms with Crippen LogP contribution in [0, 0.1) is 0 Å². The van der Waals surface area contributed by atoms with Crippen molar-refractivity contribution < 1.29 is 13.2 Å². The molecule has 4 aromatic rings. The number of benzene rings is 1. The molecule has 1 saturated heterocycles. The molecule has 0 saturated carbocycles. The number of aromatic nitrogens is 4. The number of fused-ring (bicyclic) bond motifs is 1. The Morgan fingerprint density at radius 1 is 1.00 bits per heavy atom. The van der Waals surface area contributed by atoms with Crippen LogP contribution in [0.4, 0.5) is 5.95 Å². The fourth-order valence-corrected chi connectivity index (χ4v) is 4.86. The number of aryl methyl sites for hydroxylation is 1. The number of sulfone groups is 1. The molecule has 1 aliphatic rings. The highest BCUT2D eigenvalue weighted by Gasteiger charge is 2.22. The Hall–Kier alpha value is -3.46. The zero-order valence-corrected chi connectivity index (χ0v) is 20.1. The van der Waals surface area contributed by atoms with Crippen LogP contribution < -0.4 is 9.64 Å². The molecule has 8 nitrogen and oxygen atoms in total. The van der Waals surface area contributed by atoms with E-state index in [9.17, 15) is 8.42 Å². The number of rotatable bonds is 6. The zero-order chi connectivity index (χ0) is 23.7. The largest absolute Gasteiger partial charge is 0.474 e. The molecular weight excluding hydrogens is 450 g/mol. The van der Waals surface area contributed by atoms with Gasteiger partial charge in [-0.15, -0.1) is 0 Å². The van der Waals surface area contributed by atoms with Crippen molar-refractivity contribution in [2.45, 2.75) is 37.2 Å². The smallest absolute Gasteiger partial charge is 0.225 e. The summed E-state index contributed by atoms with van der Waals surface area (Å²) in [4.78, 5) is 16.0. The van der Waals surface area contributed by atoms with Crippen LogP contribution in [0.5, 0.6) is 5.88 Å². The van der Waals surface area contributed by atoms with Gasteiger partial charge >= 0.3 is 0 Å². The van der Waals surface area contributed by atoms with E-state index in [1.165, 1.54) is 6.26 Å². The van der Waals surface area contributed by atoms with Crippen LogP contribution in [0.15, 0.2) is 66.1 Å². The van der Waals surface area contributed by atoms with E-state index in [0.717, 1.165) is 60.5 Å². The van der Waals surface area contributed by atoms with Gasteiger partial charge in [0.05, 0.1) is 22.3 Å². The Kier molecular flexibility index (Phi) is 5.95. The number of piperidine rings is 1. The van der Waals surface area contributed by atoms with Crippen molar-refractivity contribution in [2.75, 3.05) is 24.2 Å². The highest BCUT2D eigenvalue weighted by Crippen LogP contribution is 2.25. The summed E-state index contributed by atoms with van der Waals surface area (Å²) in [5.41, 5.74) is 2.95. The maximum absolute atomic E-state index is 11.8. The van der Waals surface area contributed by atoms with E-state index in [4.69, 9.17) is 4.74 Å². The molecule has 0 atom stereocenters. The lowest BCUT2D eigenvalue weighted by Crippen LogP contribution is -2.39. The quantitative estimate of drug-likeness (QED) is 0.417. The van der Waals surface area contributed by atoms with Gasteiger partial charge in [0, 0.05) is 62.2 Å². The monoisotopic (exact) mass is 477 g/mol. The van der Waals surface area contributed by atoms with E-state index < -0.39 is 9.84 Å². The van der Waals surface area contributed by atoms with Crippen molar-refractivity contribution >= 4 is 26.7 Å². The first-order valence-electron chi connectivity index (χ1n) is 11.4. The average Bonchev–Trinajstić information content (AvgIpc) is 3.28. The summed E-state index contributed by atoms with van der Waals surface area (Å²) < 4.78 is 31.8. The summed E-state index contributed by atoms with van der Waals surface area (Å²) in [6.07, 6.45) is 11.5. The summed E-state index contributed by atoms with van der Waals surface area (Å²) in [5, 5.41) is 0.864. The van der Waals surface area contributed by atoms with Crippen molar-refractivity contribution in [3.8, 4) is 11.6 Å². The van der Waals surface area contributed by atoms with Crippen LogP contribution in [-0.4, -0.2) is 53.4 Å². The molecule has 9 heteroatoms. The van der Waals surface area contributed by atoms with Crippen molar-refractivity contribution in [3.63, 3.8) is 0 Å². The molecule has 34 heavy (non-hydrogen) atoms. The summed E-state index contributed by atoms with van der Waals surface area (Å²) in [6, 6.07) is 10.9. The fraction of sp³-hybridized carbons (Fsp3) is 0.320. The predicted octanol–water partition coefficient (Wildman–Crippen LogP) is 3.83. The molecule has 0 amide bonds. The Morgan fingerprint density at radius 3 is 2.41 bits per heavy atom. The lowest BCUT2D eigenvalue weighted by atomic mass is 10.1. The van der Waals surface area contributed by atoms with Crippen LogP contribution in [0.2, 0.25) is 0 Å². The number of hydrogen-bond donors (Lipinski definition) is 0. The minimum Gasteiger partial charge on any atom is -0.474 e. The lowest BCUT2D eigenvalue weighted by Gasteiger charge is -2.31. The third-order valence-corrected chi connectivity index (χ3v) is 7.31. The van der Waals surface area contributed by atoms with Gasteiger partial charge in [0.25, 0.3) is 0 Å². The molecule has 0 unspecified atom stereocenters. The molecule has 1 fully saturated rings. The number of pyridine rings is 1. The molecule has 0 spiro atoms. The second-order valence-electron chi connectivity index (χ2n) is 8.58. The third-order valence-electron chi connectivity index (χ3n) is 6.20. The minimum atomic E-state index is -3.24. The van der Waals surface area contributed by atoms with E-state index >= 15 is 0 Å². The maximum Gasteiger partial charge on any atom is 0.225 e. The van der Waals surface area contributed by atoms with Crippen LogP contribution >= 0.6 is 0 Å². The van der Waals surface area contributed by atoms with E-state index in [0.29, 0.717) is 10.8 Å². The minimum absolute atomic E-state index is 0.103. The molecule has 5 rings (SSSR count). The van der Waals surface area contributed by atoms with Gasteiger partial charge in [0.1, 0.15) is 6.10 Å². The molecule has 3 aromatic heterocycles. The molecular formula is C25H27N5O3S. The van der Waals surface area contributed by atoms with Crippen LogP contribution in [-0.2, 0) is 16.3 Å². The first kappa shape index (κ1) is 22.3. The van der Waals surface area contributed by atoms with Gasteiger partial charge < -0.3 is 14.2 Å². The molecule has 1 aromatic carbocycles. The predicted molar refractivity (Wildman–Crippen MR) is 131 cm³/mol. The maximum atomic E-state index is 11.8. The van der Waals surface area contributed by atoms with Gasteiger partial charge in [-0.3, -0.25) is 0 Å². The zero-order valence-electron chi connectivity index (χ0n) is 19.3. The average molecular weight is 478 g/mol. The van der Waals surface area contributed by atoms with Gasteiger partial charge in [-0.05, 0) is 42.3 Å². The first-order valence-corrected chi connectivity index (χ1v) is 13.3. The summed E-state index contributed by atoms with van der Waals surface area (Å²) >= 11 is 0. The number of anilines is 1. The van der Waals surface area contributed by atoms with E-state index in [1.54, 1.807) is 18.3 Å².